The maximum atomic E-state index is 5.25. The van der Waals surface area contributed by atoms with Crippen LogP contribution in [0.1, 0.15) is 11.1 Å². The van der Waals surface area contributed by atoms with E-state index in [4.69, 9.17) is 9.47 Å². The van der Waals surface area contributed by atoms with Gasteiger partial charge in [-0.3, -0.25) is 0 Å². The molecular formula is C29H28N6O2. The molecule has 0 saturated heterocycles. The highest BCUT2D eigenvalue weighted by molar-refractivity contribution is 5.94. The fourth-order valence-electron chi connectivity index (χ4n) is 3.89. The van der Waals surface area contributed by atoms with Crippen molar-refractivity contribution in [3.05, 3.63) is 102 Å². The Morgan fingerprint density at radius 2 is 1.08 bits per heavy atom. The molecule has 0 radical (unpaired) electrons. The SMILES string of the molecule is COc1ccc(CNc2nc(NCc3ccc(OC)cc3)nc(Nc3cccc4ccccc34)n2)cc1. The molecule has 0 fully saturated rings. The summed E-state index contributed by atoms with van der Waals surface area (Å²) in [7, 11) is 3.31. The Morgan fingerprint density at radius 3 is 1.65 bits per heavy atom. The van der Waals surface area contributed by atoms with Gasteiger partial charge in [-0.05, 0) is 46.8 Å². The third-order valence-electron chi connectivity index (χ3n) is 5.89. The summed E-state index contributed by atoms with van der Waals surface area (Å²) in [5, 5.41) is 12.2. The molecule has 37 heavy (non-hydrogen) atoms. The van der Waals surface area contributed by atoms with Gasteiger partial charge in [-0.2, -0.15) is 15.0 Å². The Bertz CT molecular complexity index is 1400. The third kappa shape index (κ3) is 6.05. The molecule has 0 aliphatic carbocycles. The van der Waals surface area contributed by atoms with Crippen LogP contribution in [0.5, 0.6) is 11.5 Å². The first-order chi connectivity index (χ1) is 18.2. The maximum Gasteiger partial charge on any atom is 0.233 e. The van der Waals surface area contributed by atoms with Crippen molar-refractivity contribution in [3.63, 3.8) is 0 Å². The van der Waals surface area contributed by atoms with Crippen LogP contribution in [0.2, 0.25) is 0 Å². The normalized spacial score (nSPS) is 10.6. The summed E-state index contributed by atoms with van der Waals surface area (Å²) in [5.74, 6) is 3.00. The Kier molecular flexibility index (Phi) is 7.26. The van der Waals surface area contributed by atoms with Crippen molar-refractivity contribution in [1.82, 2.24) is 15.0 Å². The lowest BCUT2D eigenvalue weighted by Gasteiger charge is -2.13. The fourth-order valence-corrected chi connectivity index (χ4v) is 3.89. The van der Waals surface area contributed by atoms with Gasteiger partial charge in [0.2, 0.25) is 17.8 Å². The number of hydrogen-bond acceptors (Lipinski definition) is 8. The van der Waals surface area contributed by atoms with Gasteiger partial charge < -0.3 is 25.4 Å². The van der Waals surface area contributed by atoms with E-state index in [9.17, 15) is 0 Å². The molecule has 3 N–H and O–H groups in total. The van der Waals surface area contributed by atoms with E-state index in [0.29, 0.717) is 30.9 Å². The molecule has 0 bridgehead atoms. The van der Waals surface area contributed by atoms with Crippen LogP contribution in [0, 0.1) is 0 Å². The number of fused-ring (bicyclic) bond motifs is 1. The molecule has 186 valence electrons. The predicted molar refractivity (Wildman–Crippen MR) is 148 cm³/mol. The third-order valence-corrected chi connectivity index (χ3v) is 5.89. The summed E-state index contributed by atoms with van der Waals surface area (Å²) in [6.07, 6.45) is 0. The smallest absolute Gasteiger partial charge is 0.233 e. The molecule has 0 aliphatic heterocycles. The number of hydrogen-bond donors (Lipinski definition) is 3. The number of ether oxygens (including phenoxy) is 2. The van der Waals surface area contributed by atoms with Gasteiger partial charge in [0.15, 0.2) is 0 Å². The molecule has 0 aliphatic rings. The van der Waals surface area contributed by atoms with E-state index in [2.05, 4.69) is 49.1 Å². The number of nitrogens with zero attached hydrogens (tertiary/aromatic N) is 3. The molecule has 5 rings (SSSR count). The number of nitrogens with one attached hydrogen (secondary N) is 3. The van der Waals surface area contributed by atoms with E-state index in [1.165, 1.54) is 0 Å². The van der Waals surface area contributed by atoms with Crippen molar-refractivity contribution >= 4 is 34.3 Å². The molecule has 0 unspecified atom stereocenters. The van der Waals surface area contributed by atoms with Crippen LogP contribution in [0.15, 0.2) is 91.0 Å². The minimum Gasteiger partial charge on any atom is -0.497 e. The summed E-state index contributed by atoms with van der Waals surface area (Å²) in [6, 6.07) is 30.0. The molecule has 5 aromatic rings. The van der Waals surface area contributed by atoms with Gasteiger partial charge in [0.25, 0.3) is 0 Å². The summed E-state index contributed by atoms with van der Waals surface area (Å²) >= 11 is 0. The summed E-state index contributed by atoms with van der Waals surface area (Å²) in [5.41, 5.74) is 3.08. The van der Waals surface area contributed by atoms with Gasteiger partial charge >= 0.3 is 0 Å². The standard InChI is InChI=1S/C29H28N6O2/c1-36-23-14-10-20(11-15-23)18-30-27-33-28(31-19-21-12-16-24(37-2)17-13-21)35-29(34-27)32-26-9-5-7-22-6-3-4-8-25(22)26/h3-17H,18-19H2,1-2H3,(H3,30,31,32,33,34,35). The van der Waals surface area contributed by atoms with Gasteiger partial charge in [0.05, 0.1) is 14.2 Å². The summed E-state index contributed by atoms with van der Waals surface area (Å²) < 4.78 is 10.5. The first-order valence-electron chi connectivity index (χ1n) is 11.9. The largest absolute Gasteiger partial charge is 0.497 e. The van der Waals surface area contributed by atoms with Gasteiger partial charge in [-0.1, -0.05) is 60.7 Å². The highest BCUT2D eigenvalue weighted by atomic mass is 16.5. The van der Waals surface area contributed by atoms with Crippen molar-refractivity contribution in [3.8, 4) is 11.5 Å². The zero-order chi connectivity index (χ0) is 25.5. The average molecular weight is 493 g/mol. The zero-order valence-corrected chi connectivity index (χ0v) is 20.7. The number of aromatic nitrogens is 3. The van der Waals surface area contributed by atoms with E-state index in [1.54, 1.807) is 14.2 Å². The van der Waals surface area contributed by atoms with Crippen LogP contribution in [-0.2, 0) is 13.1 Å². The number of benzene rings is 4. The van der Waals surface area contributed by atoms with Crippen molar-refractivity contribution in [2.45, 2.75) is 13.1 Å². The lowest BCUT2D eigenvalue weighted by Crippen LogP contribution is -2.11. The van der Waals surface area contributed by atoms with Crippen molar-refractivity contribution in [2.24, 2.45) is 0 Å². The second-order valence-electron chi connectivity index (χ2n) is 8.36. The molecule has 1 heterocycles. The van der Waals surface area contributed by atoms with E-state index in [1.807, 2.05) is 72.8 Å². The number of anilines is 4. The minimum atomic E-state index is 0.445. The number of rotatable bonds is 10. The average Bonchev–Trinajstić information content (AvgIpc) is 2.96. The lowest BCUT2D eigenvalue weighted by atomic mass is 10.1. The molecule has 8 nitrogen and oxygen atoms in total. The number of methoxy groups -OCH3 is 2. The van der Waals surface area contributed by atoms with E-state index in [0.717, 1.165) is 39.1 Å². The molecule has 0 amide bonds. The van der Waals surface area contributed by atoms with E-state index < -0.39 is 0 Å². The second kappa shape index (κ2) is 11.3. The molecule has 0 saturated carbocycles. The van der Waals surface area contributed by atoms with Crippen LogP contribution >= 0.6 is 0 Å². The topological polar surface area (TPSA) is 93.2 Å². The quantitative estimate of drug-likeness (QED) is 0.218. The van der Waals surface area contributed by atoms with Crippen molar-refractivity contribution in [1.29, 1.82) is 0 Å². The first-order valence-corrected chi connectivity index (χ1v) is 11.9. The lowest BCUT2D eigenvalue weighted by molar-refractivity contribution is 0.414. The van der Waals surface area contributed by atoms with Crippen molar-refractivity contribution in [2.75, 3.05) is 30.2 Å². The zero-order valence-electron chi connectivity index (χ0n) is 20.7. The van der Waals surface area contributed by atoms with Crippen LogP contribution in [-0.4, -0.2) is 29.2 Å². The Balaban J connectivity index is 1.39. The fraction of sp³-hybridized carbons (Fsp3) is 0.138. The maximum absolute atomic E-state index is 5.25. The van der Waals surface area contributed by atoms with Crippen LogP contribution in [0.4, 0.5) is 23.5 Å². The predicted octanol–water partition coefficient (Wildman–Crippen LogP) is 6.01. The van der Waals surface area contributed by atoms with Gasteiger partial charge in [0.1, 0.15) is 11.5 Å². The highest BCUT2D eigenvalue weighted by Crippen LogP contribution is 2.26. The first kappa shape index (κ1) is 23.9. The van der Waals surface area contributed by atoms with Crippen LogP contribution in [0.3, 0.4) is 0 Å². The molecule has 1 aromatic heterocycles. The molecule has 4 aromatic carbocycles. The van der Waals surface area contributed by atoms with Gasteiger partial charge in [0, 0.05) is 24.2 Å². The Morgan fingerprint density at radius 1 is 0.568 bits per heavy atom. The second-order valence-corrected chi connectivity index (χ2v) is 8.36. The van der Waals surface area contributed by atoms with Crippen LogP contribution in [0.25, 0.3) is 10.8 Å². The Labute approximate surface area is 215 Å². The van der Waals surface area contributed by atoms with E-state index in [-0.39, 0.29) is 0 Å². The van der Waals surface area contributed by atoms with Gasteiger partial charge in [-0.15, -0.1) is 0 Å². The summed E-state index contributed by atoms with van der Waals surface area (Å²) in [6.45, 7) is 1.11. The minimum absolute atomic E-state index is 0.445. The van der Waals surface area contributed by atoms with E-state index >= 15 is 0 Å². The van der Waals surface area contributed by atoms with Crippen molar-refractivity contribution < 1.29 is 9.47 Å². The molecular weight excluding hydrogens is 464 g/mol. The highest BCUT2D eigenvalue weighted by Gasteiger charge is 2.09. The molecule has 0 atom stereocenters. The molecule has 8 heteroatoms. The van der Waals surface area contributed by atoms with Crippen LogP contribution < -0.4 is 25.4 Å². The summed E-state index contributed by atoms with van der Waals surface area (Å²) in [4.78, 5) is 13.9. The monoisotopic (exact) mass is 492 g/mol. The molecule has 0 spiro atoms. The van der Waals surface area contributed by atoms with Gasteiger partial charge in [-0.25, -0.2) is 0 Å². The Hall–Kier alpha value is -4.85.